The fraction of sp³-hybridized carbons (Fsp3) is 0.667. The maximum atomic E-state index is 13.8. The highest BCUT2D eigenvalue weighted by Crippen LogP contribution is 2.27. The van der Waals surface area contributed by atoms with Gasteiger partial charge in [-0.15, -0.1) is 0 Å². The van der Waals surface area contributed by atoms with Crippen LogP contribution in [0, 0.1) is 17.6 Å². The van der Waals surface area contributed by atoms with E-state index in [2.05, 4.69) is 22.5 Å². The smallest absolute Gasteiger partial charge is 0.168 e. The molecule has 0 aliphatic heterocycles. The van der Waals surface area contributed by atoms with Gasteiger partial charge >= 0.3 is 0 Å². The zero-order chi connectivity index (χ0) is 14.5. The summed E-state index contributed by atoms with van der Waals surface area (Å²) in [6.45, 7) is 4.81. The molecule has 0 radical (unpaired) electrons. The van der Waals surface area contributed by atoms with Gasteiger partial charge < -0.3 is 10.6 Å². The van der Waals surface area contributed by atoms with Gasteiger partial charge in [0.15, 0.2) is 23.3 Å². The molecule has 20 heavy (non-hydrogen) atoms. The summed E-state index contributed by atoms with van der Waals surface area (Å²) in [6.07, 6.45) is 5.25. The summed E-state index contributed by atoms with van der Waals surface area (Å²) in [5.41, 5.74) is 0. The summed E-state index contributed by atoms with van der Waals surface area (Å²) >= 11 is 0. The van der Waals surface area contributed by atoms with E-state index in [4.69, 9.17) is 0 Å². The minimum Gasteiger partial charge on any atom is -0.368 e. The standard InChI is InChI=1S/C15H23F2N3/c1-3-7-18-14-12(16)9-13(17)15(20-14)19-11-6-4-5-10(2)8-11/h9-11H,3-8H2,1-2H3,(H2,18,19,20). The van der Waals surface area contributed by atoms with Gasteiger partial charge in [-0.1, -0.05) is 26.7 Å². The van der Waals surface area contributed by atoms with E-state index < -0.39 is 11.6 Å². The number of pyridine rings is 1. The zero-order valence-corrected chi connectivity index (χ0v) is 12.2. The predicted octanol–water partition coefficient (Wildman–Crippen LogP) is 4.17. The van der Waals surface area contributed by atoms with Crippen molar-refractivity contribution in [1.82, 2.24) is 4.98 Å². The van der Waals surface area contributed by atoms with Crippen molar-refractivity contribution in [1.29, 1.82) is 0 Å². The van der Waals surface area contributed by atoms with Crippen LogP contribution in [0.15, 0.2) is 6.07 Å². The van der Waals surface area contributed by atoms with Gasteiger partial charge in [0.25, 0.3) is 0 Å². The van der Waals surface area contributed by atoms with E-state index in [1.54, 1.807) is 0 Å². The number of aromatic nitrogens is 1. The number of hydrogen-bond donors (Lipinski definition) is 2. The molecule has 1 fully saturated rings. The van der Waals surface area contributed by atoms with Crippen LogP contribution in [0.1, 0.15) is 46.0 Å². The van der Waals surface area contributed by atoms with Crippen molar-refractivity contribution in [2.45, 2.75) is 52.0 Å². The number of rotatable bonds is 5. The number of nitrogens with one attached hydrogen (secondary N) is 2. The van der Waals surface area contributed by atoms with Crippen LogP contribution in [0.5, 0.6) is 0 Å². The van der Waals surface area contributed by atoms with Crippen molar-refractivity contribution in [2.24, 2.45) is 5.92 Å². The Morgan fingerprint density at radius 2 is 2.00 bits per heavy atom. The molecular weight excluding hydrogens is 260 g/mol. The lowest BCUT2D eigenvalue weighted by atomic mass is 9.87. The Balaban J connectivity index is 2.09. The normalized spacial score (nSPS) is 22.6. The summed E-state index contributed by atoms with van der Waals surface area (Å²) in [6, 6.07) is 1.13. The summed E-state index contributed by atoms with van der Waals surface area (Å²) in [5, 5.41) is 6.01. The van der Waals surface area contributed by atoms with E-state index in [0.29, 0.717) is 12.5 Å². The average Bonchev–Trinajstić information content (AvgIpc) is 2.40. The van der Waals surface area contributed by atoms with Crippen molar-refractivity contribution in [3.63, 3.8) is 0 Å². The van der Waals surface area contributed by atoms with Crippen LogP contribution in [-0.2, 0) is 0 Å². The van der Waals surface area contributed by atoms with Crippen LogP contribution in [0.2, 0.25) is 0 Å². The molecule has 1 saturated carbocycles. The second kappa shape index (κ2) is 6.86. The Bertz CT molecular complexity index is 451. The molecule has 2 N–H and O–H groups in total. The molecule has 0 amide bonds. The molecule has 0 aromatic carbocycles. The zero-order valence-electron chi connectivity index (χ0n) is 12.2. The number of anilines is 2. The van der Waals surface area contributed by atoms with Crippen molar-refractivity contribution in [3.05, 3.63) is 17.7 Å². The molecule has 0 bridgehead atoms. The molecule has 1 aliphatic carbocycles. The van der Waals surface area contributed by atoms with Crippen LogP contribution in [0.3, 0.4) is 0 Å². The third-order valence-electron chi connectivity index (χ3n) is 3.75. The topological polar surface area (TPSA) is 37.0 Å². The van der Waals surface area contributed by atoms with Crippen molar-refractivity contribution < 1.29 is 8.78 Å². The van der Waals surface area contributed by atoms with Crippen molar-refractivity contribution in [3.8, 4) is 0 Å². The van der Waals surface area contributed by atoms with E-state index >= 15 is 0 Å². The Kier molecular flexibility index (Phi) is 5.15. The van der Waals surface area contributed by atoms with Crippen LogP contribution in [0.4, 0.5) is 20.4 Å². The van der Waals surface area contributed by atoms with E-state index in [0.717, 1.165) is 31.7 Å². The fourth-order valence-electron chi connectivity index (χ4n) is 2.69. The van der Waals surface area contributed by atoms with Crippen molar-refractivity contribution >= 4 is 11.6 Å². The van der Waals surface area contributed by atoms with Gasteiger partial charge in [0.1, 0.15) is 0 Å². The molecule has 0 saturated heterocycles. The summed E-state index contributed by atoms with van der Waals surface area (Å²) in [5.74, 6) is -0.340. The summed E-state index contributed by atoms with van der Waals surface area (Å²) in [7, 11) is 0. The lowest BCUT2D eigenvalue weighted by Crippen LogP contribution is -2.27. The molecule has 5 heteroatoms. The maximum absolute atomic E-state index is 13.8. The third kappa shape index (κ3) is 3.81. The number of nitrogens with zero attached hydrogens (tertiary/aromatic N) is 1. The number of halogens is 2. The minimum atomic E-state index is -0.640. The molecule has 2 unspecified atom stereocenters. The van der Waals surface area contributed by atoms with Crippen LogP contribution in [0.25, 0.3) is 0 Å². The van der Waals surface area contributed by atoms with Gasteiger partial charge in [0.2, 0.25) is 0 Å². The van der Waals surface area contributed by atoms with Crippen LogP contribution >= 0.6 is 0 Å². The van der Waals surface area contributed by atoms with E-state index in [1.807, 2.05) is 6.92 Å². The molecule has 1 aliphatic rings. The molecule has 1 aromatic rings. The molecule has 2 atom stereocenters. The van der Waals surface area contributed by atoms with Gasteiger partial charge in [-0.05, 0) is 25.2 Å². The predicted molar refractivity (Wildman–Crippen MR) is 78.0 cm³/mol. The van der Waals surface area contributed by atoms with Gasteiger partial charge in [-0.25, -0.2) is 13.8 Å². The third-order valence-corrected chi connectivity index (χ3v) is 3.75. The van der Waals surface area contributed by atoms with Gasteiger partial charge in [0.05, 0.1) is 0 Å². The monoisotopic (exact) mass is 283 g/mol. The van der Waals surface area contributed by atoms with E-state index in [-0.39, 0.29) is 17.7 Å². The largest absolute Gasteiger partial charge is 0.368 e. The summed E-state index contributed by atoms with van der Waals surface area (Å²) in [4.78, 5) is 4.06. The second-order valence-corrected chi connectivity index (χ2v) is 5.69. The Morgan fingerprint density at radius 1 is 1.25 bits per heavy atom. The maximum Gasteiger partial charge on any atom is 0.168 e. The molecule has 3 nitrogen and oxygen atoms in total. The lowest BCUT2D eigenvalue weighted by molar-refractivity contribution is 0.357. The quantitative estimate of drug-likeness (QED) is 0.851. The Hall–Kier alpha value is -1.39. The first-order chi connectivity index (χ1) is 9.60. The van der Waals surface area contributed by atoms with Crippen LogP contribution < -0.4 is 10.6 Å². The van der Waals surface area contributed by atoms with Gasteiger partial charge in [-0.3, -0.25) is 0 Å². The first kappa shape index (κ1) is 15.0. The summed E-state index contributed by atoms with van der Waals surface area (Å²) < 4.78 is 27.4. The SMILES string of the molecule is CCCNc1nc(NC2CCCC(C)C2)c(F)cc1F. The van der Waals surface area contributed by atoms with Gasteiger partial charge in [0, 0.05) is 18.7 Å². The molecule has 0 spiro atoms. The minimum absolute atomic E-state index is 0.125. The molecule has 1 heterocycles. The Morgan fingerprint density at radius 3 is 2.70 bits per heavy atom. The first-order valence-electron chi connectivity index (χ1n) is 7.46. The highest BCUT2D eigenvalue weighted by molar-refractivity contribution is 5.48. The van der Waals surface area contributed by atoms with E-state index in [1.165, 1.54) is 6.42 Å². The number of hydrogen-bond acceptors (Lipinski definition) is 3. The molecule has 2 rings (SSSR count). The van der Waals surface area contributed by atoms with Crippen molar-refractivity contribution in [2.75, 3.05) is 17.2 Å². The average molecular weight is 283 g/mol. The molecular formula is C15H23F2N3. The molecule has 112 valence electrons. The lowest BCUT2D eigenvalue weighted by Gasteiger charge is -2.28. The molecule has 1 aromatic heterocycles. The van der Waals surface area contributed by atoms with E-state index in [9.17, 15) is 8.78 Å². The Labute approximate surface area is 119 Å². The fourth-order valence-corrected chi connectivity index (χ4v) is 2.69. The highest BCUT2D eigenvalue weighted by atomic mass is 19.1. The van der Waals surface area contributed by atoms with Gasteiger partial charge in [-0.2, -0.15) is 0 Å². The first-order valence-corrected chi connectivity index (χ1v) is 7.46. The van der Waals surface area contributed by atoms with Crippen LogP contribution in [-0.4, -0.2) is 17.6 Å². The second-order valence-electron chi connectivity index (χ2n) is 5.69. The highest BCUT2D eigenvalue weighted by Gasteiger charge is 2.21.